The zero-order valence-corrected chi connectivity index (χ0v) is 11.5. The smallest absolute Gasteiger partial charge is 0.272 e. The number of aromatic nitrogens is 1. The van der Waals surface area contributed by atoms with Crippen LogP contribution in [0.15, 0.2) is 41.2 Å². The Bertz CT molecular complexity index is 682. The van der Waals surface area contributed by atoms with E-state index in [0.717, 1.165) is 0 Å². The van der Waals surface area contributed by atoms with Crippen LogP contribution < -0.4 is 15.6 Å². The number of carbonyl (C=O) groups is 1. The fourth-order valence-corrected chi connectivity index (χ4v) is 1.86. The Hall–Kier alpha value is -2.27. The van der Waals surface area contributed by atoms with Crippen LogP contribution in [0.5, 0.6) is 5.75 Å². The Morgan fingerprint density at radius 2 is 2.15 bits per heavy atom. The average molecular weight is 293 g/mol. The number of nitrogens with one attached hydrogen (secondary N) is 2. The van der Waals surface area contributed by atoms with E-state index < -0.39 is 5.91 Å². The number of rotatable bonds is 4. The third-order valence-corrected chi connectivity index (χ3v) is 2.80. The van der Waals surface area contributed by atoms with Crippen molar-refractivity contribution < 1.29 is 9.53 Å². The standard InChI is InChI=1S/C14H13ClN2O3/c1-2-20-12-7-6-9(8-10(12)15)16-14(19)11-4-3-5-13(18)17-11/h3-8H,2H2,1H3,(H,16,19)(H,17,18). The van der Waals surface area contributed by atoms with Gasteiger partial charge in [0.25, 0.3) is 5.91 Å². The van der Waals surface area contributed by atoms with Gasteiger partial charge in [-0.05, 0) is 31.2 Å². The van der Waals surface area contributed by atoms with Crippen LogP contribution in [0.25, 0.3) is 0 Å². The summed E-state index contributed by atoms with van der Waals surface area (Å²) in [7, 11) is 0. The number of amides is 1. The number of benzene rings is 1. The first kappa shape index (κ1) is 14.1. The first-order valence-corrected chi connectivity index (χ1v) is 6.41. The zero-order valence-electron chi connectivity index (χ0n) is 10.8. The summed E-state index contributed by atoms with van der Waals surface area (Å²) in [5.74, 6) is 0.142. The Kier molecular flexibility index (Phi) is 4.42. The summed E-state index contributed by atoms with van der Waals surface area (Å²) in [6.07, 6.45) is 0. The Morgan fingerprint density at radius 3 is 2.80 bits per heavy atom. The summed E-state index contributed by atoms with van der Waals surface area (Å²) in [6.45, 7) is 2.37. The van der Waals surface area contributed by atoms with E-state index in [-0.39, 0.29) is 11.3 Å². The van der Waals surface area contributed by atoms with Gasteiger partial charge in [0.2, 0.25) is 5.56 Å². The van der Waals surface area contributed by atoms with Crippen LogP contribution in [-0.4, -0.2) is 17.5 Å². The molecule has 0 bridgehead atoms. The van der Waals surface area contributed by atoms with Gasteiger partial charge in [0.15, 0.2) is 0 Å². The van der Waals surface area contributed by atoms with Crippen molar-refractivity contribution in [3.63, 3.8) is 0 Å². The molecule has 0 saturated heterocycles. The molecular weight excluding hydrogens is 280 g/mol. The van der Waals surface area contributed by atoms with Crippen molar-refractivity contribution in [1.29, 1.82) is 0 Å². The highest BCUT2D eigenvalue weighted by molar-refractivity contribution is 6.32. The van der Waals surface area contributed by atoms with Crippen molar-refractivity contribution in [3.8, 4) is 5.75 Å². The number of carbonyl (C=O) groups excluding carboxylic acids is 1. The number of aromatic amines is 1. The van der Waals surface area contributed by atoms with E-state index in [9.17, 15) is 9.59 Å². The molecule has 0 aliphatic rings. The third-order valence-electron chi connectivity index (χ3n) is 2.50. The molecule has 0 spiro atoms. The van der Waals surface area contributed by atoms with Gasteiger partial charge in [0.1, 0.15) is 11.4 Å². The molecule has 104 valence electrons. The SMILES string of the molecule is CCOc1ccc(NC(=O)c2cccc(=O)[nH]2)cc1Cl. The molecule has 0 aliphatic carbocycles. The quantitative estimate of drug-likeness (QED) is 0.910. The molecule has 0 aliphatic heterocycles. The van der Waals surface area contributed by atoms with Gasteiger partial charge < -0.3 is 15.0 Å². The van der Waals surface area contributed by atoms with Crippen LogP contribution in [0.1, 0.15) is 17.4 Å². The molecule has 0 radical (unpaired) electrons. The molecule has 0 saturated carbocycles. The average Bonchev–Trinajstić information content (AvgIpc) is 2.42. The number of pyridine rings is 1. The maximum absolute atomic E-state index is 11.9. The lowest BCUT2D eigenvalue weighted by Crippen LogP contribution is -2.17. The van der Waals surface area contributed by atoms with Gasteiger partial charge in [0, 0.05) is 11.8 Å². The summed E-state index contributed by atoms with van der Waals surface area (Å²) in [5, 5.41) is 3.06. The van der Waals surface area contributed by atoms with Gasteiger partial charge in [-0.15, -0.1) is 0 Å². The lowest BCUT2D eigenvalue weighted by molar-refractivity contribution is 0.102. The lowest BCUT2D eigenvalue weighted by atomic mass is 10.2. The third kappa shape index (κ3) is 3.39. The summed E-state index contributed by atoms with van der Waals surface area (Å²) in [4.78, 5) is 25.5. The van der Waals surface area contributed by atoms with E-state index in [1.165, 1.54) is 18.2 Å². The highest BCUT2D eigenvalue weighted by Gasteiger charge is 2.08. The first-order valence-electron chi connectivity index (χ1n) is 6.03. The fraction of sp³-hybridized carbons (Fsp3) is 0.143. The number of H-pyrrole nitrogens is 1. The van der Waals surface area contributed by atoms with Gasteiger partial charge >= 0.3 is 0 Å². The molecule has 2 N–H and O–H groups in total. The van der Waals surface area contributed by atoms with Crippen LogP contribution >= 0.6 is 11.6 Å². The molecule has 20 heavy (non-hydrogen) atoms. The van der Waals surface area contributed by atoms with Crippen molar-refractivity contribution in [2.75, 3.05) is 11.9 Å². The number of halogens is 1. The Morgan fingerprint density at radius 1 is 1.35 bits per heavy atom. The van der Waals surface area contributed by atoms with Gasteiger partial charge in [-0.2, -0.15) is 0 Å². The van der Waals surface area contributed by atoms with Gasteiger partial charge in [-0.1, -0.05) is 17.7 Å². The maximum atomic E-state index is 11.9. The maximum Gasteiger partial charge on any atom is 0.272 e. The van der Waals surface area contributed by atoms with E-state index in [4.69, 9.17) is 16.3 Å². The second-order valence-corrected chi connectivity index (χ2v) is 4.37. The first-order chi connectivity index (χ1) is 9.60. The molecule has 1 amide bonds. The molecule has 5 nitrogen and oxygen atoms in total. The van der Waals surface area contributed by atoms with Crippen LogP contribution in [0.3, 0.4) is 0 Å². The van der Waals surface area contributed by atoms with Crippen molar-refractivity contribution in [2.45, 2.75) is 6.92 Å². The molecule has 1 aromatic heterocycles. The molecule has 1 heterocycles. The minimum Gasteiger partial charge on any atom is -0.492 e. The van der Waals surface area contributed by atoms with Crippen molar-refractivity contribution in [2.24, 2.45) is 0 Å². The number of hydrogen-bond acceptors (Lipinski definition) is 3. The molecule has 2 aromatic rings. The molecule has 2 rings (SSSR count). The van der Waals surface area contributed by atoms with Crippen molar-refractivity contribution in [1.82, 2.24) is 4.98 Å². The largest absolute Gasteiger partial charge is 0.492 e. The second-order valence-electron chi connectivity index (χ2n) is 3.96. The monoisotopic (exact) mass is 292 g/mol. The second kappa shape index (κ2) is 6.25. The topological polar surface area (TPSA) is 71.2 Å². The molecule has 0 fully saturated rings. The van der Waals surface area contributed by atoms with Gasteiger partial charge in [-0.3, -0.25) is 9.59 Å². The summed E-state index contributed by atoms with van der Waals surface area (Å²) in [5.41, 5.74) is 0.373. The molecule has 6 heteroatoms. The fourth-order valence-electron chi connectivity index (χ4n) is 1.63. The van der Waals surface area contributed by atoms with Gasteiger partial charge in [0.05, 0.1) is 11.6 Å². The van der Waals surface area contributed by atoms with E-state index in [1.807, 2.05) is 6.92 Å². The molecular formula is C14H13ClN2O3. The highest BCUT2D eigenvalue weighted by atomic mass is 35.5. The number of hydrogen-bond donors (Lipinski definition) is 2. The normalized spacial score (nSPS) is 10.1. The van der Waals surface area contributed by atoms with Crippen molar-refractivity contribution in [3.05, 3.63) is 57.5 Å². The molecule has 0 unspecified atom stereocenters. The van der Waals surface area contributed by atoms with Crippen LogP contribution in [0.4, 0.5) is 5.69 Å². The number of anilines is 1. The summed E-state index contributed by atoms with van der Waals surface area (Å²) < 4.78 is 5.30. The predicted octanol–water partition coefficient (Wildman–Crippen LogP) is 2.68. The van der Waals surface area contributed by atoms with Crippen LogP contribution in [0.2, 0.25) is 5.02 Å². The van der Waals surface area contributed by atoms with E-state index >= 15 is 0 Å². The molecule has 1 aromatic carbocycles. The highest BCUT2D eigenvalue weighted by Crippen LogP contribution is 2.27. The molecule has 0 atom stereocenters. The summed E-state index contributed by atoms with van der Waals surface area (Å²) >= 11 is 6.03. The zero-order chi connectivity index (χ0) is 14.5. The Labute approximate surface area is 120 Å². The Balaban J connectivity index is 2.16. The van der Waals surface area contributed by atoms with Gasteiger partial charge in [-0.25, -0.2) is 0 Å². The lowest BCUT2D eigenvalue weighted by Gasteiger charge is -2.09. The van der Waals surface area contributed by atoms with Crippen LogP contribution in [0, 0.1) is 0 Å². The van der Waals surface area contributed by atoms with Crippen LogP contribution in [-0.2, 0) is 0 Å². The van der Waals surface area contributed by atoms with E-state index in [1.54, 1.807) is 18.2 Å². The minimum atomic E-state index is -0.414. The van der Waals surface area contributed by atoms with Crippen molar-refractivity contribution >= 4 is 23.2 Å². The van der Waals surface area contributed by atoms with E-state index in [0.29, 0.717) is 23.1 Å². The predicted molar refractivity (Wildman–Crippen MR) is 77.6 cm³/mol. The van der Waals surface area contributed by atoms with E-state index in [2.05, 4.69) is 10.3 Å². The minimum absolute atomic E-state index is 0.183. The number of ether oxygens (including phenoxy) is 1. The summed E-state index contributed by atoms with van der Waals surface area (Å²) in [6, 6.07) is 9.31.